The van der Waals surface area contributed by atoms with Crippen molar-refractivity contribution in [1.29, 1.82) is 0 Å². The van der Waals surface area contributed by atoms with E-state index in [0.717, 1.165) is 16.6 Å². The molecular weight excluding hydrogens is 459 g/mol. The van der Waals surface area contributed by atoms with Crippen molar-refractivity contribution in [3.05, 3.63) is 81.5 Å². The van der Waals surface area contributed by atoms with Crippen LogP contribution in [0.2, 0.25) is 5.15 Å². The van der Waals surface area contributed by atoms with Gasteiger partial charge in [-0.15, -0.1) is 0 Å². The molecule has 9 heteroatoms. The largest absolute Gasteiger partial charge is 0.416 e. The summed E-state index contributed by atoms with van der Waals surface area (Å²) in [6.45, 7) is 0. The maximum absolute atomic E-state index is 13.1. The van der Waals surface area contributed by atoms with Crippen molar-refractivity contribution in [2.24, 2.45) is 0 Å². The smallest absolute Gasteiger partial charge is 0.354 e. The number of benzene rings is 2. The van der Waals surface area contributed by atoms with Gasteiger partial charge in [0.25, 0.3) is 5.91 Å². The number of amides is 1. The first-order valence-electron chi connectivity index (χ1n) is 7.90. The lowest BCUT2D eigenvalue weighted by atomic mass is 10.1. The van der Waals surface area contributed by atoms with Gasteiger partial charge in [0.1, 0.15) is 5.15 Å². The van der Waals surface area contributed by atoms with Gasteiger partial charge in [-0.1, -0.05) is 27.5 Å². The third kappa shape index (κ3) is 4.82. The van der Waals surface area contributed by atoms with Gasteiger partial charge in [0, 0.05) is 16.4 Å². The van der Waals surface area contributed by atoms with E-state index in [1.807, 2.05) is 0 Å². The van der Waals surface area contributed by atoms with E-state index in [2.05, 4.69) is 31.5 Å². The van der Waals surface area contributed by atoms with Gasteiger partial charge in [0.15, 0.2) is 0 Å². The Bertz CT molecular complexity index is 1010. The van der Waals surface area contributed by atoms with Gasteiger partial charge >= 0.3 is 6.18 Å². The molecule has 4 nitrogen and oxygen atoms in total. The SMILES string of the molecule is O=C(Nc1cc(C(F)(F)F)ccc1Nc1ccc(Br)cc1)c1cccnc1Cl. The van der Waals surface area contributed by atoms with Crippen molar-refractivity contribution in [3.63, 3.8) is 0 Å². The normalized spacial score (nSPS) is 11.2. The molecule has 0 aliphatic heterocycles. The Morgan fingerprint density at radius 2 is 1.75 bits per heavy atom. The third-order valence-corrected chi connectivity index (χ3v) is 4.55. The van der Waals surface area contributed by atoms with Crippen LogP contribution in [-0.4, -0.2) is 10.9 Å². The highest BCUT2D eigenvalue weighted by atomic mass is 79.9. The van der Waals surface area contributed by atoms with E-state index in [1.54, 1.807) is 24.3 Å². The predicted molar refractivity (Wildman–Crippen MR) is 106 cm³/mol. The number of carbonyl (C=O) groups excluding carboxylic acids is 1. The minimum absolute atomic E-state index is 0.0392. The van der Waals surface area contributed by atoms with Crippen LogP contribution in [-0.2, 0) is 6.18 Å². The zero-order valence-corrected chi connectivity index (χ0v) is 16.4. The molecule has 1 heterocycles. The quantitative estimate of drug-likeness (QED) is 0.427. The standard InChI is InChI=1S/C19H12BrClF3N3O/c20-12-4-6-13(7-5-12)26-15-8-3-11(19(22,23)24)10-16(15)27-18(28)14-2-1-9-25-17(14)21/h1-10,26H,(H,27,28). The fourth-order valence-electron chi connectivity index (χ4n) is 2.37. The molecule has 0 fully saturated rings. The first-order valence-corrected chi connectivity index (χ1v) is 9.07. The van der Waals surface area contributed by atoms with Crippen molar-refractivity contribution >= 4 is 50.5 Å². The maximum Gasteiger partial charge on any atom is 0.416 e. The topological polar surface area (TPSA) is 54.0 Å². The van der Waals surface area contributed by atoms with Crippen molar-refractivity contribution in [3.8, 4) is 0 Å². The molecule has 28 heavy (non-hydrogen) atoms. The van der Waals surface area contributed by atoms with Crippen LogP contribution in [0.25, 0.3) is 0 Å². The molecule has 0 spiro atoms. The number of pyridine rings is 1. The second-order valence-corrected chi connectivity index (χ2v) is 6.96. The van der Waals surface area contributed by atoms with E-state index >= 15 is 0 Å². The summed E-state index contributed by atoms with van der Waals surface area (Å²) in [5.74, 6) is -0.670. The molecule has 0 bridgehead atoms. The highest BCUT2D eigenvalue weighted by Gasteiger charge is 2.31. The number of nitrogens with zero attached hydrogens (tertiary/aromatic N) is 1. The average molecular weight is 471 g/mol. The highest BCUT2D eigenvalue weighted by Crippen LogP contribution is 2.35. The van der Waals surface area contributed by atoms with Crippen molar-refractivity contribution in [2.75, 3.05) is 10.6 Å². The van der Waals surface area contributed by atoms with Gasteiger partial charge in [0.05, 0.1) is 22.5 Å². The monoisotopic (exact) mass is 469 g/mol. The molecule has 0 atom stereocenters. The minimum Gasteiger partial charge on any atom is -0.354 e. The van der Waals surface area contributed by atoms with E-state index in [-0.39, 0.29) is 16.4 Å². The van der Waals surface area contributed by atoms with Crippen LogP contribution in [0.3, 0.4) is 0 Å². The number of hydrogen-bond acceptors (Lipinski definition) is 3. The zero-order chi connectivity index (χ0) is 20.3. The van der Waals surface area contributed by atoms with Crippen molar-refractivity contribution < 1.29 is 18.0 Å². The van der Waals surface area contributed by atoms with E-state index in [4.69, 9.17) is 11.6 Å². The molecule has 2 aromatic carbocycles. The highest BCUT2D eigenvalue weighted by molar-refractivity contribution is 9.10. The molecule has 0 radical (unpaired) electrons. The zero-order valence-electron chi connectivity index (χ0n) is 14.0. The lowest BCUT2D eigenvalue weighted by molar-refractivity contribution is -0.137. The van der Waals surface area contributed by atoms with Gasteiger partial charge in [-0.05, 0) is 54.6 Å². The Balaban J connectivity index is 1.96. The molecule has 144 valence electrons. The number of anilines is 3. The molecule has 0 unspecified atom stereocenters. The van der Waals surface area contributed by atoms with Crippen molar-refractivity contribution in [2.45, 2.75) is 6.18 Å². The van der Waals surface area contributed by atoms with Crippen LogP contribution < -0.4 is 10.6 Å². The van der Waals surface area contributed by atoms with Crippen LogP contribution in [0.15, 0.2) is 65.3 Å². The van der Waals surface area contributed by atoms with E-state index in [9.17, 15) is 18.0 Å². The van der Waals surface area contributed by atoms with Crippen LogP contribution in [0, 0.1) is 0 Å². The summed E-state index contributed by atoms with van der Waals surface area (Å²) in [5.41, 5.74) is 0.0572. The summed E-state index contributed by atoms with van der Waals surface area (Å²) in [4.78, 5) is 16.3. The molecule has 0 saturated carbocycles. The Morgan fingerprint density at radius 3 is 2.39 bits per heavy atom. The van der Waals surface area contributed by atoms with Crippen LogP contribution >= 0.6 is 27.5 Å². The van der Waals surface area contributed by atoms with Gasteiger partial charge in [-0.2, -0.15) is 13.2 Å². The van der Waals surface area contributed by atoms with Gasteiger partial charge in [-0.3, -0.25) is 4.79 Å². The summed E-state index contributed by atoms with van der Waals surface area (Å²) in [6.07, 6.45) is -3.15. The fraction of sp³-hybridized carbons (Fsp3) is 0.0526. The third-order valence-electron chi connectivity index (χ3n) is 3.72. The molecule has 3 aromatic rings. The Hall–Kier alpha value is -2.58. The second kappa shape index (κ2) is 8.20. The van der Waals surface area contributed by atoms with E-state index in [1.165, 1.54) is 24.4 Å². The number of carbonyl (C=O) groups is 1. The first-order chi connectivity index (χ1) is 13.2. The molecule has 2 N–H and O–H groups in total. The number of hydrogen-bond donors (Lipinski definition) is 2. The van der Waals surface area contributed by atoms with Crippen LogP contribution in [0.5, 0.6) is 0 Å². The summed E-state index contributed by atoms with van der Waals surface area (Å²) in [6, 6.07) is 13.0. The second-order valence-electron chi connectivity index (χ2n) is 5.69. The summed E-state index contributed by atoms with van der Waals surface area (Å²) in [5, 5.41) is 5.43. The average Bonchev–Trinajstić information content (AvgIpc) is 2.64. The van der Waals surface area contributed by atoms with E-state index in [0.29, 0.717) is 11.4 Å². The fourth-order valence-corrected chi connectivity index (χ4v) is 2.84. The number of alkyl halides is 3. The predicted octanol–water partition coefficient (Wildman–Crippen LogP) is 6.51. The molecule has 0 aliphatic carbocycles. The first kappa shape index (κ1) is 20.2. The minimum atomic E-state index is -4.55. The molecule has 1 aromatic heterocycles. The summed E-state index contributed by atoms with van der Waals surface area (Å²) in [7, 11) is 0. The van der Waals surface area contributed by atoms with Crippen LogP contribution in [0.1, 0.15) is 15.9 Å². The van der Waals surface area contributed by atoms with Gasteiger partial charge < -0.3 is 10.6 Å². The lowest BCUT2D eigenvalue weighted by Crippen LogP contribution is -2.15. The lowest BCUT2D eigenvalue weighted by Gasteiger charge is -2.16. The Labute approximate surface area is 171 Å². The molecule has 0 aliphatic rings. The number of aromatic nitrogens is 1. The van der Waals surface area contributed by atoms with Gasteiger partial charge in [-0.25, -0.2) is 4.98 Å². The molecule has 0 saturated heterocycles. The molecular formula is C19H12BrClF3N3O. The van der Waals surface area contributed by atoms with E-state index < -0.39 is 17.6 Å². The Kier molecular flexibility index (Phi) is 5.90. The van der Waals surface area contributed by atoms with Gasteiger partial charge in [0.2, 0.25) is 0 Å². The summed E-state index contributed by atoms with van der Waals surface area (Å²) < 4.78 is 40.2. The number of nitrogens with one attached hydrogen (secondary N) is 2. The molecule has 3 rings (SSSR count). The number of halogens is 5. The molecule has 1 amide bonds. The van der Waals surface area contributed by atoms with Crippen LogP contribution in [0.4, 0.5) is 30.2 Å². The summed E-state index contributed by atoms with van der Waals surface area (Å²) >= 11 is 9.22. The number of rotatable bonds is 4. The van der Waals surface area contributed by atoms with Crippen molar-refractivity contribution in [1.82, 2.24) is 4.98 Å². The Morgan fingerprint density at radius 1 is 1.04 bits per heavy atom. The maximum atomic E-state index is 13.1.